The maximum Gasteiger partial charge on any atom is 0.331 e. The van der Waals surface area contributed by atoms with Crippen LogP contribution in [0.4, 0.5) is 0 Å². The Morgan fingerprint density at radius 3 is 2.20 bits per heavy atom. The predicted octanol–water partition coefficient (Wildman–Crippen LogP) is 8.57. The molecule has 0 aliphatic carbocycles. The molecule has 1 aromatic heterocycles. The molecule has 0 bridgehead atoms. The van der Waals surface area contributed by atoms with Gasteiger partial charge in [0, 0.05) is 73.5 Å². The number of thioether (sulfide) groups is 1. The van der Waals surface area contributed by atoms with Gasteiger partial charge in [-0.1, -0.05) is 51.4 Å². The highest BCUT2D eigenvalue weighted by molar-refractivity contribution is 9.10. The number of aryl methyl sites for hydroxylation is 2. The molecular weight excluding hydrogens is 584 g/mol. The fraction of sp³-hybridized carbons (Fsp3) is 0.182. The predicted molar refractivity (Wildman–Crippen MR) is 168 cm³/mol. The summed E-state index contributed by atoms with van der Waals surface area (Å²) in [6, 6.07) is 28.0. The van der Waals surface area contributed by atoms with Gasteiger partial charge in [-0.2, -0.15) is 0 Å². The number of hydrogen-bond donors (Lipinski definition) is 0. The molecule has 0 radical (unpaired) electrons. The van der Waals surface area contributed by atoms with Crippen LogP contribution in [0.25, 0.3) is 21.8 Å². The Bertz CT molecular complexity index is 1760. The van der Waals surface area contributed by atoms with Gasteiger partial charge in [0.15, 0.2) is 5.78 Å². The minimum Gasteiger partial charge on any atom is -0.341 e. The van der Waals surface area contributed by atoms with E-state index < -0.39 is 5.97 Å². The van der Waals surface area contributed by atoms with Crippen molar-refractivity contribution in [2.24, 2.45) is 5.16 Å². The average Bonchev–Trinajstić information content (AvgIpc) is 3.27. The fourth-order valence-electron chi connectivity index (χ4n) is 4.91. The molecule has 0 aliphatic heterocycles. The maximum absolute atomic E-state index is 13.4. The van der Waals surface area contributed by atoms with Gasteiger partial charge >= 0.3 is 5.97 Å². The summed E-state index contributed by atoms with van der Waals surface area (Å²) in [4.78, 5) is 31.3. The first-order valence-corrected chi connectivity index (χ1v) is 14.9. The largest absolute Gasteiger partial charge is 0.341 e. The smallest absolute Gasteiger partial charge is 0.331 e. The second-order valence-electron chi connectivity index (χ2n) is 9.53. The summed E-state index contributed by atoms with van der Waals surface area (Å²) in [5.74, 6) is 0.322. The lowest BCUT2D eigenvalue weighted by atomic mass is 9.97. The number of fused-ring (bicyclic) bond motifs is 3. The Morgan fingerprint density at radius 1 is 0.900 bits per heavy atom. The average molecular weight is 614 g/mol. The monoisotopic (exact) mass is 612 g/mol. The number of ketones is 1. The molecule has 0 amide bonds. The highest BCUT2D eigenvalue weighted by Gasteiger charge is 2.17. The van der Waals surface area contributed by atoms with Crippen LogP contribution in [0.2, 0.25) is 0 Å². The summed E-state index contributed by atoms with van der Waals surface area (Å²) >= 11 is 5.20. The van der Waals surface area contributed by atoms with Crippen molar-refractivity contribution < 1.29 is 14.4 Å². The SMILES string of the molecule is CCn1c2ccc(C(=O)c3ccccc3C)cc2c2cc(C(CCSc3ccc(Br)cc3)=NOC(C)=O)ccc21. The van der Waals surface area contributed by atoms with Crippen LogP contribution in [0, 0.1) is 6.92 Å². The van der Waals surface area contributed by atoms with Crippen LogP contribution in [0.5, 0.6) is 0 Å². The fourth-order valence-corrected chi connectivity index (χ4v) is 6.03. The van der Waals surface area contributed by atoms with E-state index in [0.29, 0.717) is 23.3 Å². The van der Waals surface area contributed by atoms with Gasteiger partial charge < -0.3 is 9.40 Å². The first-order chi connectivity index (χ1) is 19.4. The van der Waals surface area contributed by atoms with Crippen molar-refractivity contribution in [1.82, 2.24) is 4.57 Å². The first-order valence-electron chi connectivity index (χ1n) is 13.1. The van der Waals surface area contributed by atoms with Crippen molar-refractivity contribution >= 4 is 67.0 Å². The Labute approximate surface area is 246 Å². The number of rotatable bonds is 9. The highest BCUT2D eigenvalue weighted by Crippen LogP contribution is 2.32. The normalized spacial score (nSPS) is 11.8. The minimum absolute atomic E-state index is 0.00984. The number of oxime groups is 1. The summed E-state index contributed by atoms with van der Waals surface area (Å²) in [5, 5.41) is 6.27. The maximum atomic E-state index is 13.4. The molecule has 202 valence electrons. The van der Waals surface area contributed by atoms with Crippen molar-refractivity contribution in [1.29, 1.82) is 0 Å². The molecule has 0 N–H and O–H groups in total. The molecular formula is C33H29BrN2O3S. The molecule has 7 heteroatoms. The molecule has 1 heterocycles. The zero-order valence-corrected chi connectivity index (χ0v) is 25.0. The van der Waals surface area contributed by atoms with E-state index in [2.05, 4.69) is 56.8 Å². The van der Waals surface area contributed by atoms with E-state index >= 15 is 0 Å². The Hall–Kier alpha value is -3.68. The van der Waals surface area contributed by atoms with Crippen molar-refractivity contribution in [3.8, 4) is 0 Å². The van der Waals surface area contributed by atoms with Crippen molar-refractivity contribution in [2.45, 2.75) is 38.6 Å². The molecule has 0 aliphatic rings. The van der Waals surface area contributed by atoms with Crippen LogP contribution < -0.4 is 0 Å². The van der Waals surface area contributed by atoms with Crippen LogP contribution in [-0.4, -0.2) is 27.8 Å². The molecule has 5 rings (SSSR count). The van der Waals surface area contributed by atoms with E-state index in [9.17, 15) is 9.59 Å². The third-order valence-corrected chi connectivity index (χ3v) is 8.41. The van der Waals surface area contributed by atoms with Gasteiger partial charge in [0.2, 0.25) is 0 Å². The number of benzene rings is 4. The van der Waals surface area contributed by atoms with Gasteiger partial charge in [-0.25, -0.2) is 4.79 Å². The highest BCUT2D eigenvalue weighted by atomic mass is 79.9. The second-order valence-corrected chi connectivity index (χ2v) is 11.6. The van der Waals surface area contributed by atoms with Gasteiger partial charge in [-0.3, -0.25) is 4.79 Å². The van der Waals surface area contributed by atoms with Gasteiger partial charge in [0.1, 0.15) is 0 Å². The molecule has 4 aromatic carbocycles. The van der Waals surface area contributed by atoms with E-state index in [-0.39, 0.29) is 5.78 Å². The zero-order chi connectivity index (χ0) is 28.2. The number of carbonyl (C=O) groups excluding carboxylic acids is 2. The number of nitrogens with zero attached hydrogens (tertiary/aromatic N) is 2. The summed E-state index contributed by atoms with van der Waals surface area (Å²) in [7, 11) is 0. The van der Waals surface area contributed by atoms with Gasteiger partial charge in [0.05, 0.1) is 5.71 Å². The summed E-state index contributed by atoms with van der Waals surface area (Å²) in [5.41, 5.74) is 6.06. The van der Waals surface area contributed by atoms with Crippen molar-refractivity contribution in [3.05, 3.63) is 112 Å². The van der Waals surface area contributed by atoms with Crippen LogP contribution >= 0.6 is 27.7 Å². The van der Waals surface area contributed by atoms with Gasteiger partial charge in [-0.15, -0.1) is 11.8 Å². The summed E-state index contributed by atoms with van der Waals surface area (Å²) in [6.45, 7) is 6.22. The number of hydrogen-bond acceptors (Lipinski definition) is 5. The molecule has 0 unspecified atom stereocenters. The minimum atomic E-state index is -0.457. The van der Waals surface area contributed by atoms with Crippen LogP contribution in [0.3, 0.4) is 0 Å². The standard InChI is InChI=1S/C33H29BrN2O3S/c1-4-36-31-15-9-23(30(35-39-22(3)37)17-18-40-26-13-11-25(34)12-14-26)19-28(31)29-20-24(10-16-32(29)36)33(38)27-8-6-5-7-21(27)2/h5-16,19-20H,4,17-18H2,1-3H3. The second kappa shape index (κ2) is 12.2. The topological polar surface area (TPSA) is 60.7 Å². The van der Waals surface area contributed by atoms with Gasteiger partial charge in [0.25, 0.3) is 0 Å². The van der Waals surface area contributed by atoms with E-state index in [4.69, 9.17) is 4.84 Å². The molecule has 40 heavy (non-hydrogen) atoms. The first kappa shape index (κ1) is 27.9. The molecule has 0 atom stereocenters. The van der Waals surface area contributed by atoms with Gasteiger partial charge in [-0.05, 0) is 74.0 Å². The van der Waals surface area contributed by atoms with E-state index in [1.807, 2.05) is 67.6 Å². The number of carbonyl (C=O) groups is 2. The van der Waals surface area contributed by atoms with Crippen LogP contribution in [-0.2, 0) is 16.2 Å². The summed E-state index contributed by atoms with van der Waals surface area (Å²) < 4.78 is 3.29. The third-order valence-electron chi connectivity index (χ3n) is 6.87. The Kier molecular flexibility index (Phi) is 8.52. The van der Waals surface area contributed by atoms with E-state index in [1.165, 1.54) is 6.92 Å². The molecule has 5 aromatic rings. The van der Waals surface area contributed by atoms with E-state index in [0.717, 1.165) is 54.6 Å². The zero-order valence-electron chi connectivity index (χ0n) is 22.6. The Balaban J connectivity index is 1.53. The van der Waals surface area contributed by atoms with Crippen molar-refractivity contribution in [3.63, 3.8) is 0 Å². The lowest BCUT2D eigenvalue weighted by molar-refractivity contribution is -0.140. The number of aromatic nitrogens is 1. The third kappa shape index (κ3) is 5.91. The molecule has 0 fully saturated rings. The van der Waals surface area contributed by atoms with Crippen molar-refractivity contribution in [2.75, 3.05) is 5.75 Å². The lowest BCUT2D eigenvalue weighted by Crippen LogP contribution is -2.06. The van der Waals surface area contributed by atoms with E-state index in [1.54, 1.807) is 11.8 Å². The number of halogens is 1. The summed E-state index contributed by atoms with van der Waals surface area (Å²) in [6.07, 6.45) is 0.614. The van der Waals surface area contributed by atoms with Crippen LogP contribution in [0.15, 0.2) is 99.5 Å². The Morgan fingerprint density at radius 2 is 1.55 bits per heavy atom. The molecule has 5 nitrogen and oxygen atoms in total. The quantitative estimate of drug-likeness (QED) is 0.0550. The van der Waals surface area contributed by atoms with Crippen LogP contribution in [0.1, 0.15) is 47.3 Å². The molecule has 0 spiro atoms. The molecule has 0 saturated heterocycles. The lowest BCUT2D eigenvalue weighted by Gasteiger charge is -2.08. The molecule has 0 saturated carbocycles.